The Hall–Kier alpha value is -2.29. The van der Waals surface area contributed by atoms with Crippen molar-refractivity contribution in [2.45, 2.75) is 23.8 Å². The summed E-state index contributed by atoms with van der Waals surface area (Å²) in [5.74, 6) is -0.916. The molecule has 1 fully saturated rings. The molecule has 9 heteroatoms. The van der Waals surface area contributed by atoms with Gasteiger partial charge < -0.3 is 9.67 Å². The molecule has 0 bridgehead atoms. The molecule has 0 unspecified atom stereocenters. The van der Waals surface area contributed by atoms with Gasteiger partial charge in [0.05, 0.1) is 6.20 Å². The van der Waals surface area contributed by atoms with Crippen LogP contribution in [0.3, 0.4) is 0 Å². The Kier molecular flexibility index (Phi) is 2.78. The fourth-order valence-electron chi connectivity index (χ4n) is 1.94. The van der Waals surface area contributed by atoms with E-state index in [2.05, 4.69) is 14.9 Å². The maximum Gasteiger partial charge on any atom is 0.352 e. The minimum absolute atomic E-state index is 0.0162. The van der Waals surface area contributed by atoms with Crippen molar-refractivity contribution in [3.05, 3.63) is 30.2 Å². The first kappa shape index (κ1) is 12.7. The third kappa shape index (κ3) is 2.27. The van der Waals surface area contributed by atoms with Crippen LogP contribution >= 0.6 is 0 Å². The molecule has 2 aromatic heterocycles. The number of carboxylic acid groups (broad SMARTS) is 1. The quantitative estimate of drug-likeness (QED) is 0.762. The van der Waals surface area contributed by atoms with Gasteiger partial charge >= 0.3 is 5.97 Å². The molecule has 2 heterocycles. The van der Waals surface area contributed by atoms with Crippen molar-refractivity contribution in [3.8, 4) is 0 Å². The minimum atomic E-state index is -3.83. The zero-order valence-electron chi connectivity index (χ0n) is 10.3. The first-order valence-corrected chi connectivity index (χ1v) is 7.43. The summed E-state index contributed by atoms with van der Waals surface area (Å²) in [5, 5.41) is 15.2. The number of nitrogens with zero attached hydrogens (tertiary/aromatic N) is 2. The lowest BCUT2D eigenvalue weighted by atomic mass is 10.4. The molecule has 0 saturated heterocycles. The molecule has 0 amide bonds. The molecule has 0 spiro atoms. The monoisotopic (exact) mass is 296 g/mol. The van der Waals surface area contributed by atoms with Crippen LogP contribution in [-0.2, 0) is 10.0 Å². The van der Waals surface area contributed by atoms with Crippen molar-refractivity contribution in [3.63, 3.8) is 0 Å². The van der Waals surface area contributed by atoms with Crippen LogP contribution in [0.5, 0.6) is 0 Å². The van der Waals surface area contributed by atoms with Gasteiger partial charge in [0, 0.05) is 18.3 Å². The molecule has 1 saturated carbocycles. The summed E-state index contributed by atoms with van der Waals surface area (Å²) in [5.41, 5.74) is -0.0162. The number of anilines is 1. The summed E-state index contributed by atoms with van der Waals surface area (Å²) in [4.78, 5) is 11.1. The standard InChI is InChI=1S/C11H12N4O4S/c16-11(17)9-5-8(6-15(9)7-1-2-7)20(18,19)14-10-3-4-12-13-10/h3-7H,1-2H2,(H,16,17)(H2,12,13,14). The highest BCUT2D eigenvalue weighted by atomic mass is 32.2. The molecule has 3 N–H and O–H groups in total. The summed E-state index contributed by atoms with van der Waals surface area (Å²) in [6.45, 7) is 0. The molecule has 1 aliphatic rings. The lowest BCUT2D eigenvalue weighted by molar-refractivity contribution is 0.0685. The van der Waals surface area contributed by atoms with E-state index in [1.54, 1.807) is 0 Å². The summed E-state index contributed by atoms with van der Waals surface area (Å²) < 4.78 is 28.1. The van der Waals surface area contributed by atoms with E-state index in [0.29, 0.717) is 0 Å². The Morgan fingerprint density at radius 1 is 1.50 bits per heavy atom. The minimum Gasteiger partial charge on any atom is -0.477 e. The van der Waals surface area contributed by atoms with Crippen LogP contribution in [0.4, 0.5) is 5.82 Å². The number of rotatable bonds is 5. The van der Waals surface area contributed by atoms with Crippen molar-refractivity contribution in [2.24, 2.45) is 0 Å². The van der Waals surface area contributed by atoms with E-state index < -0.39 is 16.0 Å². The van der Waals surface area contributed by atoms with Crippen molar-refractivity contribution >= 4 is 21.8 Å². The Morgan fingerprint density at radius 3 is 2.80 bits per heavy atom. The fourth-order valence-corrected chi connectivity index (χ4v) is 2.98. The van der Waals surface area contributed by atoms with Crippen LogP contribution in [0.25, 0.3) is 0 Å². The average molecular weight is 296 g/mol. The first-order valence-electron chi connectivity index (χ1n) is 5.95. The number of carboxylic acids is 1. The Morgan fingerprint density at radius 2 is 2.25 bits per heavy atom. The number of nitrogens with one attached hydrogen (secondary N) is 2. The number of aromatic carboxylic acids is 1. The number of aromatic amines is 1. The summed E-state index contributed by atoms with van der Waals surface area (Å²) in [6, 6.07) is 2.71. The molecule has 0 aromatic carbocycles. The second kappa shape index (κ2) is 4.37. The van der Waals surface area contributed by atoms with Gasteiger partial charge in [0.15, 0.2) is 0 Å². The fraction of sp³-hybridized carbons (Fsp3) is 0.273. The van der Waals surface area contributed by atoms with Crippen LogP contribution < -0.4 is 4.72 Å². The van der Waals surface area contributed by atoms with Gasteiger partial charge in [0.25, 0.3) is 10.0 Å². The maximum absolute atomic E-state index is 12.2. The van der Waals surface area contributed by atoms with Crippen molar-refractivity contribution < 1.29 is 18.3 Å². The molecule has 20 heavy (non-hydrogen) atoms. The van der Waals surface area contributed by atoms with Crippen LogP contribution in [-0.4, -0.2) is 34.3 Å². The third-order valence-corrected chi connectivity index (χ3v) is 4.37. The lowest BCUT2D eigenvalue weighted by Crippen LogP contribution is -2.12. The molecule has 1 aliphatic carbocycles. The van der Waals surface area contributed by atoms with Gasteiger partial charge in [-0.3, -0.25) is 9.82 Å². The number of hydrogen-bond donors (Lipinski definition) is 3. The Balaban J connectivity index is 1.97. The topological polar surface area (TPSA) is 117 Å². The number of H-pyrrole nitrogens is 1. The van der Waals surface area contributed by atoms with Crippen LogP contribution in [0, 0.1) is 0 Å². The van der Waals surface area contributed by atoms with Gasteiger partial charge in [0.2, 0.25) is 0 Å². The summed E-state index contributed by atoms with van der Waals surface area (Å²) >= 11 is 0. The molecule has 106 valence electrons. The van der Waals surface area contributed by atoms with Crippen molar-refractivity contribution in [1.29, 1.82) is 0 Å². The molecule has 0 atom stereocenters. The highest BCUT2D eigenvalue weighted by molar-refractivity contribution is 7.92. The SMILES string of the molecule is O=C(O)c1cc(S(=O)(=O)Nc2ccn[nH]2)cn1C1CC1. The van der Waals surface area contributed by atoms with E-state index >= 15 is 0 Å². The molecular formula is C11H12N4O4S. The number of sulfonamides is 1. The highest BCUT2D eigenvalue weighted by Gasteiger charge is 2.30. The molecule has 8 nitrogen and oxygen atoms in total. The summed E-state index contributed by atoms with van der Waals surface area (Å²) in [6.07, 6.45) is 4.50. The normalized spacial score (nSPS) is 15.2. The zero-order chi connectivity index (χ0) is 14.3. The Labute approximate surface area is 114 Å². The van der Waals surface area contributed by atoms with E-state index in [0.717, 1.165) is 12.8 Å². The molecular weight excluding hydrogens is 284 g/mol. The second-order valence-corrected chi connectivity index (χ2v) is 6.26. The van der Waals surface area contributed by atoms with Gasteiger partial charge in [-0.05, 0) is 18.9 Å². The third-order valence-electron chi connectivity index (χ3n) is 3.04. The second-order valence-electron chi connectivity index (χ2n) is 4.58. The molecule has 3 rings (SSSR count). The smallest absolute Gasteiger partial charge is 0.352 e. The largest absolute Gasteiger partial charge is 0.477 e. The summed E-state index contributed by atoms with van der Waals surface area (Å²) in [7, 11) is -3.83. The highest BCUT2D eigenvalue weighted by Crippen LogP contribution is 2.37. The molecule has 0 aliphatic heterocycles. The van der Waals surface area contributed by atoms with Gasteiger partial charge in [-0.15, -0.1) is 0 Å². The number of hydrogen-bond acceptors (Lipinski definition) is 4. The van der Waals surface area contributed by atoms with E-state index in [1.807, 2.05) is 0 Å². The van der Waals surface area contributed by atoms with Gasteiger partial charge in [-0.2, -0.15) is 5.10 Å². The van der Waals surface area contributed by atoms with E-state index in [-0.39, 0.29) is 22.4 Å². The van der Waals surface area contributed by atoms with Crippen LogP contribution in [0.2, 0.25) is 0 Å². The van der Waals surface area contributed by atoms with Crippen LogP contribution in [0.1, 0.15) is 29.4 Å². The predicted molar refractivity (Wildman–Crippen MR) is 69.1 cm³/mol. The van der Waals surface area contributed by atoms with Gasteiger partial charge in [0.1, 0.15) is 16.4 Å². The average Bonchev–Trinajstić information content (AvgIpc) is 2.90. The van der Waals surface area contributed by atoms with Crippen molar-refractivity contribution in [2.75, 3.05) is 4.72 Å². The van der Waals surface area contributed by atoms with Crippen molar-refractivity contribution in [1.82, 2.24) is 14.8 Å². The number of carbonyl (C=O) groups is 1. The van der Waals surface area contributed by atoms with Gasteiger partial charge in [-0.1, -0.05) is 0 Å². The first-order chi connectivity index (χ1) is 9.47. The van der Waals surface area contributed by atoms with E-state index in [4.69, 9.17) is 5.11 Å². The van der Waals surface area contributed by atoms with Gasteiger partial charge in [-0.25, -0.2) is 13.2 Å². The predicted octanol–water partition coefficient (Wildman–Crippen LogP) is 1.05. The number of aromatic nitrogens is 3. The van der Waals surface area contributed by atoms with Crippen LogP contribution in [0.15, 0.2) is 29.4 Å². The maximum atomic E-state index is 12.2. The zero-order valence-corrected chi connectivity index (χ0v) is 11.1. The Bertz CT molecular complexity index is 743. The molecule has 0 radical (unpaired) electrons. The molecule has 2 aromatic rings. The lowest BCUT2D eigenvalue weighted by Gasteiger charge is -2.03. The van der Waals surface area contributed by atoms with E-state index in [9.17, 15) is 13.2 Å². The van der Waals surface area contributed by atoms with E-state index in [1.165, 1.54) is 29.1 Å².